The molecule has 4 aromatic rings. The van der Waals surface area contributed by atoms with Gasteiger partial charge in [0.1, 0.15) is 11.6 Å². The summed E-state index contributed by atoms with van der Waals surface area (Å²) in [6, 6.07) is 20.8. The van der Waals surface area contributed by atoms with Gasteiger partial charge in [-0.3, -0.25) is 9.36 Å². The van der Waals surface area contributed by atoms with Gasteiger partial charge in [-0.1, -0.05) is 35.5 Å². The molecule has 0 spiro atoms. The maximum atomic E-state index is 13.0. The van der Waals surface area contributed by atoms with Crippen LogP contribution in [-0.2, 0) is 11.3 Å². The maximum absolute atomic E-state index is 13.0. The van der Waals surface area contributed by atoms with E-state index in [0.717, 1.165) is 22.6 Å². The van der Waals surface area contributed by atoms with Crippen molar-refractivity contribution in [1.82, 2.24) is 20.1 Å². The quantitative estimate of drug-likeness (QED) is 0.352. The molecule has 0 saturated carbocycles. The van der Waals surface area contributed by atoms with Crippen molar-refractivity contribution in [3.63, 3.8) is 0 Å². The Kier molecular flexibility index (Phi) is 7.26. The number of nitrogens with one attached hydrogen (secondary N) is 1. The molecule has 0 radical (unpaired) electrons. The molecule has 0 unspecified atom stereocenters. The lowest BCUT2D eigenvalue weighted by Crippen LogP contribution is -2.24. The highest BCUT2D eigenvalue weighted by Gasteiger charge is 2.17. The summed E-state index contributed by atoms with van der Waals surface area (Å²) >= 11 is 7.34. The van der Waals surface area contributed by atoms with Gasteiger partial charge < -0.3 is 10.1 Å². The second kappa shape index (κ2) is 10.5. The van der Waals surface area contributed by atoms with Crippen LogP contribution in [0.4, 0.5) is 4.39 Å². The Hall–Kier alpha value is -3.36. The van der Waals surface area contributed by atoms with Crippen LogP contribution in [0.15, 0.2) is 78.0 Å². The molecular formula is C24H20ClFN4O2S. The van der Waals surface area contributed by atoms with E-state index in [4.69, 9.17) is 16.3 Å². The fourth-order valence-corrected chi connectivity index (χ4v) is 4.01. The number of hydrogen-bond acceptors (Lipinski definition) is 5. The van der Waals surface area contributed by atoms with E-state index in [1.807, 2.05) is 41.0 Å². The summed E-state index contributed by atoms with van der Waals surface area (Å²) in [5, 5.41) is 12.7. The first kappa shape index (κ1) is 22.8. The van der Waals surface area contributed by atoms with Crippen molar-refractivity contribution in [2.75, 3.05) is 12.9 Å². The Balaban J connectivity index is 1.53. The Morgan fingerprint density at radius 3 is 2.39 bits per heavy atom. The van der Waals surface area contributed by atoms with Gasteiger partial charge in [0.25, 0.3) is 0 Å². The molecule has 9 heteroatoms. The summed E-state index contributed by atoms with van der Waals surface area (Å²) < 4.78 is 20.2. The third-order valence-corrected chi connectivity index (χ3v) is 5.98. The van der Waals surface area contributed by atoms with Crippen LogP contribution in [0, 0.1) is 5.82 Å². The van der Waals surface area contributed by atoms with Crippen LogP contribution in [0.2, 0.25) is 5.02 Å². The number of ether oxygens (including phenoxy) is 1. The molecule has 1 amide bonds. The summed E-state index contributed by atoms with van der Waals surface area (Å²) in [7, 11) is 1.61. The first-order chi connectivity index (χ1) is 16.0. The number of rotatable bonds is 8. The van der Waals surface area contributed by atoms with Gasteiger partial charge in [0.15, 0.2) is 11.0 Å². The molecule has 0 aliphatic heterocycles. The molecule has 1 N–H and O–H groups in total. The predicted octanol–water partition coefficient (Wildman–Crippen LogP) is 5.14. The van der Waals surface area contributed by atoms with E-state index >= 15 is 0 Å². The van der Waals surface area contributed by atoms with Crippen LogP contribution < -0.4 is 10.1 Å². The fourth-order valence-electron chi connectivity index (χ4n) is 3.10. The first-order valence-corrected chi connectivity index (χ1v) is 11.4. The topological polar surface area (TPSA) is 69.0 Å². The molecule has 0 aliphatic carbocycles. The van der Waals surface area contributed by atoms with Gasteiger partial charge in [0.05, 0.1) is 12.9 Å². The van der Waals surface area contributed by atoms with E-state index in [2.05, 4.69) is 15.5 Å². The van der Waals surface area contributed by atoms with Crippen LogP contribution >= 0.6 is 23.4 Å². The average molecular weight is 483 g/mol. The smallest absolute Gasteiger partial charge is 0.230 e. The highest BCUT2D eigenvalue weighted by molar-refractivity contribution is 7.99. The number of aromatic nitrogens is 3. The molecule has 0 saturated heterocycles. The lowest BCUT2D eigenvalue weighted by molar-refractivity contribution is -0.118. The zero-order valence-electron chi connectivity index (χ0n) is 17.7. The molecule has 4 rings (SSSR count). The van der Waals surface area contributed by atoms with Gasteiger partial charge in [-0.2, -0.15) is 0 Å². The van der Waals surface area contributed by atoms with E-state index in [-0.39, 0.29) is 17.5 Å². The third kappa shape index (κ3) is 5.71. The SMILES string of the molecule is COc1ccc(-c2nnc(SCC(=O)NCc3ccc(F)cc3)n2-c2ccc(Cl)cc2)cc1. The average Bonchev–Trinajstić information content (AvgIpc) is 3.27. The number of halogens is 2. The first-order valence-electron chi connectivity index (χ1n) is 10.0. The van der Waals surface area contributed by atoms with E-state index in [0.29, 0.717) is 22.5 Å². The molecule has 6 nitrogen and oxygen atoms in total. The monoisotopic (exact) mass is 482 g/mol. The summed E-state index contributed by atoms with van der Waals surface area (Å²) in [5.74, 6) is 1.05. The molecule has 1 heterocycles. The van der Waals surface area contributed by atoms with Crippen molar-refractivity contribution in [2.45, 2.75) is 11.7 Å². The maximum Gasteiger partial charge on any atom is 0.230 e. The van der Waals surface area contributed by atoms with Gasteiger partial charge in [-0.15, -0.1) is 10.2 Å². The molecule has 0 aliphatic rings. The largest absolute Gasteiger partial charge is 0.497 e. The second-order valence-electron chi connectivity index (χ2n) is 7.04. The highest BCUT2D eigenvalue weighted by atomic mass is 35.5. The molecule has 168 valence electrons. The van der Waals surface area contributed by atoms with E-state index in [1.165, 1.54) is 23.9 Å². The number of hydrogen-bond donors (Lipinski definition) is 1. The van der Waals surface area contributed by atoms with Crippen LogP contribution in [0.1, 0.15) is 5.56 Å². The Labute approximate surface area is 199 Å². The zero-order valence-corrected chi connectivity index (χ0v) is 19.2. The van der Waals surface area contributed by atoms with E-state index in [1.54, 1.807) is 31.4 Å². The fraction of sp³-hybridized carbons (Fsp3) is 0.125. The predicted molar refractivity (Wildman–Crippen MR) is 127 cm³/mol. The summed E-state index contributed by atoms with van der Waals surface area (Å²) in [5.41, 5.74) is 2.50. The Morgan fingerprint density at radius 2 is 1.73 bits per heavy atom. The van der Waals surface area contributed by atoms with Crippen LogP contribution in [-0.4, -0.2) is 33.5 Å². The highest BCUT2D eigenvalue weighted by Crippen LogP contribution is 2.29. The van der Waals surface area contributed by atoms with Crippen LogP contribution in [0.3, 0.4) is 0 Å². The number of carbonyl (C=O) groups is 1. The molecule has 0 fully saturated rings. The van der Waals surface area contributed by atoms with E-state index in [9.17, 15) is 9.18 Å². The zero-order chi connectivity index (χ0) is 23.2. The lowest BCUT2D eigenvalue weighted by atomic mass is 10.2. The minimum atomic E-state index is -0.310. The number of thioether (sulfide) groups is 1. The number of carbonyl (C=O) groups excluding carboxylic acids is 1. The molecule has 33 heavy (non-hydrogen) atoms. The van der Waals surface area contributed by atoms with Gasteiger partial charge in [0, 0.05) is 22.8 Å². The van der Waals surface area contributed by atoms with Crippen LogP contribution in [0.25, 0.3) is 17.1 Å². The van der Waals surface area contributed by atoms with Gasteiger partial charge in [-0.25, -0.2) is 4.39 Å². The normalized spacial score (nSPS) is 10.8. The van der Waals surface area contributed by atoms with Gasteiger partial charge in [0.2, 0.25) is 5.91 Å². The van der Waals surface area contributed by atoms with Gasteiger partial charge in [-0.05, 0) is 66.2 Å². The number of nitrogens with zero attached hydrogens (tertiary/aromatic N) is 3. The standard InChI is InChI=1S/C24H20ClFN4O2S/c1-32-21-12-4-17(5-13-21)23-28-29-24(30(23)20-10-6-18(25)7-11-20)33-15-22(31)27-14-16-2-8-19(26)9-3-16/h2-13H,14-15H2,1H3,(H,27,31). The summed E-state index contributed by atoms with van der Waals surface area (Å²) in [4.78, 5) is 12.4. The summed E-state index contributed by atoms with van der Waals surface area (Å²) in [6.07, 6.45) is 0. The molecule has 3 aromatic carbocycles. The van der Waals surface area contributed by atoms with Crippen molar-refractivity contribution in [1.29, 1.82) is 0 Å². The van der Waals surface area contributed by atoms with E-state index < -0.39 is 0 Å². The molecular weight excluding hydrogens is 463 g/mol. The Morgan fingerprint density at radius 1 is 1.03 bits per heavy atom. The van der Waals surface area contributed by atoms with Crippen molar-refractivity contribution >= 4 is 29.3 Å². The van der Waals surface area contributed by atoms with Crippen molar-refractivity contribution in [2.24, 2.45) is 0 Å². The van der Waals surface area contributed by atoms with Crippen molar-refractivity contribution < 1.29 is 13.9 Å². The lowest BCUT2D eigenvalue weighted by Gasteiger charge is -2.11. The van der Waals surface area contributed by atoms with Crippen molar-refractivity contribution in [3.8, 4) is 22.8 Å². The minimum Gasteiger partial charge on any atom is -0.497 e. The van der Waals surface area contributed by atoms with Crippen molar-refractivity contribution in [3.05, 3.63) is 89.2 Å². The Bertz CT molecular complexity index is 1230. The second-order valence-corrected chi connectivity index (χ2v) is 8.42. The number of benzene rings is 3. The van der Waals surface area contributed by atoms with Crippen LogP contribution in [0.5, 0.6) is 5.75 Å². The minimum absolute atomic E-state index is 0.148. The number of methoxy groups -OCH3 is 1. The summed E-state index contributed by atoms with van der Waals surface area (Å²) in [6.45, 7) is 0.320. The third-order valence-electron chi connectivity index (χ3n) is 4.80. The molecule has 0 bridgehead atoms. The number of amides is 1. The van der Waals surface area contributed by atoms with Gasteiger partial charge >= 0.3 is 0 Å². The molecule has 0 atom stereocenters. The molecule has 1 aromatic heterocycles.